The van der Waals surface area contributed by atoms with Gasteiger partial charge in [-0.3, -0.25) is 4.79 Å². The summed E-state index contributed by atoms with van der Waals surface area (Å²) in [5.74, 6) is 3.61. The van der Waals surface area contributed by atoms with E-state index < -0.39 is 40.7 Å². The van der Waals surface area contributed by atoms with Gasteiger partial charge in [-0.05, 0) is 131 Å². The molecule has 0 bridgehead atoms. The smallest absolute Gasteiger partial charge is 0.416 e. The van der Waals surface area contributed by atoms with Gasteiger partial charge >= 0.3 is 34.6 Å². The molecule has 5 aliphatic carbocycles. The minimum Gasteiger partial charge on any atom is -0.633 e. The molecule has 6 saturated heterocycles. The predicted octanol–water partition coefficient (Wildman–Crippen LogP) is 6.47. The Kier molecular flexibility index (Phi) is 32.0. The van der Waals surface area contributed by atoms with Crippen LogP contribution < -0.4 is 10.4 Å². The van der Waals surface area contributed by atoms with Crippen LogP contribution in [0.4, 0.5) is 19.2 Å². The summed E-state index contributed by atoms with van der Waals surface area (Å²) in [7, 11) is -1.08. The van der Waals surface area contributed by atoms with Crippen LogP contribution in [0.25, 0.3) is 0 Å². The third-order valence-electron chi connectivity index (χ3n) is 23.2. The maximum atomic E-state index is 12.0. The van der Waals surface area contributed by atoms with E-state index in [4.69, 9.17) is 23.7 Å². The van der Waals surface area contributed by atoms with Gasteiger partial charge in [-0.25, -0.2) is 19.2 Å². The summed E-state index contributed by atoms with van der Waals surface area (Å²) in [4.78, 5) is 66.4. The Balaban J connectivity index is 0.000000149. The zero-order valence-electron chi connectivity index (χ0n) is 63.6. The predicted molar refractivity (Wildman–Crippen MR) is 402 cm³/mol. The molecule has 4 aromatic rings. The number of hydrogen-bond acceptors (Lipinski definition) is 21. The Hall–Kier alpha value is -7.81. The summed E-state index contributed by atoms with van der Waals surface area (Å²) < 4.78 is 56.8. The number of benzene rings is 4. The molecule has 6 heterocycles. The number of carbonyl (C=O) groups is 5. The van der Waals surface area contributed by atoms with Crippen LogP contribution >= 0.6 is 0 Å². The minimum atomic E-state index is -3.86. The number of allylic oxidation sites excluding steroid dienone is 1. The van der Waals surface area contributed by atoms with Crippen molar-refractivity contribution in [3.63, 3.8) is 0 Å². The van der Waals surface area contributed by atoms with Gasteiger partial charge in [-0.1, -0.05) is 138 Å². The standard InChI is InChI=1S/C15H19NO4.C15H19NO3.C15H17NO3.C15H17NO2.C8H18N2O4S.C7H13NO2.C5H11NO2/c17-13-6-11-7-16(8-12(11)14(13)18)15(19)20-9-10-4-2-1-3-5-10;2*17-14-7-6-12-8-16(9-13(12)14)15(18)19-10-11-4-2-1-3-5-11;17-15(18-11-12-5-2-1-3-6-12)16-9-13-7-4-8-14(13)10-16;1-5-10(6-2,7-3)15(12,13)9-8(11)14-4;9-6-1-4-2-8-3-5(4)7(6)10;1-6(7)2-4-8-5-3-6/h1-5,11-14,17-18H,6-9H2;1-5,12-14,17H,6-10H2;1-5,12-13H,6-10H2;1-7,13-14H,8-11H2;5-7H2,1-4H3;4-10H,1-3H2;2-5H2,1H3/t11-,12+,13?,14?;12-,13+,14-;12-,13+;13-,14+;;4-,5+,6?,7?;/m0001.0./s1. The lowest BCUT2D eigenvalue weighted by molar-refractivity contribution is -0.869. The highest BCUT2D eigenvalue weighted by Gasteiger charge is 2.50. The van der Waals surface area contributed by atoms with Crippen LogP contribution in [-0.2, 0) is 69.9 Å². The number of likely N-dealkylation sites (N-methyl/N-ethyl adjacent to an activating group) is 1. The molecule has 600 valence electrons. The molecule has 10 fully saturated rings. The number of hydroxylamine groups is 3. The number of aliphatic hydroxyl groups is 5. The number of rotatable bonds is 13. The van der Waals surface area contributed by atoms with Gasteiger partial charge in [0.2, 0.25) is 0 Å². The maximum absolute atomic E-state index is 12.0. The number of hydrogen-bond donors (Lipinski definition) is 6. The molecule has 0 spiro atoms. The lowest BCUT2D eigenvalue weighted by atomic mass is 9.99. The summed E-state index contributed by atoms with van der Waals surface area (Å²) in [6.07, 6.45) is 5.71. The molecular formula is C80H114N8O20S. The highest BCUT2D eigenvalue weighted by molar-refractivity contribution is 7.84. The monoisotopic (exact) mass is 1540 g/mol. The summed E-state index contributed by atoms with van der Waals surface area (Å²) in [5, 5.41) is 72.9. The summed E-state index contributed by atoms with van der Waals surface area (Å²) in [6, 6.07) is 38.6. The first kappa shape index (κ1) is 85.2. The van der Waals surface area contributed by atoms with Crippen molar-refractivity contribution in [1.82, 2.24) is 24.9 Å². The van der Waals surface area contributed by atoms with Gasteiger partial charge < -0.3 is 93.8 Å². The summed E-state index contributed by atoms with van der Waals surface area (Å²) >= 11 is 0. The molecule has 4 amide bonds. The number of aliphatic hydroxyl groups excluding tert-OH is 5. The van der Waals surface area contributed by atoms with Crippen LogP contribution in [0.3, 0.4) is 0 Å². The molecule has 6 N–H and O–H groups in total. The van der Waals surface area contributed by atoms with Crippen LogP contribution in [-0.4, -0.2) is 254 Å². The second-order valence-corrected chi connectivity index (χ2v) is 32.1. The first-order valence-electron chi connectivity index (χ1n) is 38.5. The molecule has 15 atom stereocenters. The zero-order valence-corrected chi connectivity index (χ0v) is 64.4. The number of amides is 4. The van der Waals surface area contributed by atoms with Gasteiger partial charge in [-0.15, -0.1) is 8.42 Å². The number of quaternary nitrogens is 2. The topological polar surface area (TPSA) is 359 Å². The lowest BCUT2D eigenvalue weighted by Gasteiger charge is -2.41. The van der Waals surface area contributed by atoms with Crippen molar-refractivity contribution in [2.75, 3.05) is 126 Å². The third kappa shape index (κ3) is 23.9. The second kappa shape index (κ2) is 40.9. The van der Waals surface area contributed by atoms with Gasteiger partial charge in [0, 0.05) is 89.0 Å². The Morgan fingerprint density at radius 3 is 1.40 bits per heavy atom. The highest BCUT2D eigenvalue weighted by atomic mass is 32.2. The molecule has 4 unspecified atom stereocenters. The molecule has 15 rings (SSSR count). The van der Waals surface area contributed by atoms with E-state index in [1.165, 1.54) is 0 Å². The number of nitrogens with zero attached hydrogens (tertiary/aromatic N) is 7. The zero-order chi connectivity index (χ0) is 78.3. The fourth-order valence-electron chi connectivity index (χ4n) is 16.4. The Morgan fingerprint density at radius 1 is 0.550 bits per heavy atom. The van der Waals surface area contributed by atoms with Crippen molar-refractivity contribution in [2.45, 2.75) is 123 Å². The summed E-state index contributed by atoms with van der Waals surface area (Å²) in [5.41, 5.74) is 3.96. The Bertz CT molecular complexity index is 3660. The van der Waals surface area contributed by atoms with Gasteiger partial charge in [0.25, 0.3) is 0 Å². The first-order valence-corrected chi connectivity index (χ1v) is 39.9. The number of fused-ring (bicyclic) bond motifs is 5. The van der Waals surface area contributed by atoms with E-state index >= 15 is 0 Å². The number of ether oxygens (including phenoxy) is 6. The van der Waals surface area contributed by atoms with Crippen LogP contribution in [0.1, 0.15) is 88.0 Å². The van der Waals surface area contributed by atoms with Gasteiger partial charge in [0.15, 0.2) is 6.08 Å². The van der Waals surface area contributed by atoms with E-state index in [1.54, 1.807) is 42.5 Å². The van der Waals surface area contributed by atoms with E-state index in [-0.39, 0.29) is 69.3 Å². The van der Waals surface area contributed by atoms with Crippen molar-refractivity contribution in [3.8, 4) is 0 Å². The van der Waals surface area contributed by atoms with Crippen molar-refractivity contribution in [3.05, 3.63) is 161 Å². The normalized spacial score (nSPS) is 28.5. The van der Waals surface area contributed by atoms with Crippen molar-refractivity contribution in [1.29, 1.82) is 0 Å². The van der Waals surface area contributed by atoms with E-state index in [1.807, 2.05) is 126 Å². The number of ketones is 1. The van der Waals surface area contributed by atoms with E-state index in [2.05, 4.69) is 26.6 Å². The van der Waals surface area contributed by atoms with Gasteiger partial charge in [-0.2, -0.15) is 3.89 Å². The second-order valence-electron chi connectivity index (χ2n) is 30.3. The minimum absolute atomic E-state index is 0.0192. The molecule has 4 saturated carbocycles. The maximum Gasteiger partial charge on any atom is 0.416 e. The largest absolute Gasteiger partial charge is 0.633 e. The molecule has 109 heavy (non-hydrogen) atoms. The van der Waals surface area contributed by atoms with E-state index in [9.17, 15) is 68.2 Å². The van der Waals surface area contributed by atoms with E-state index in [0.29, 0.717) is 153 Å². The number of Topliss-reactive ketones (excluding diaryl/α,β-unsaturated/α-hetero) is 1. The molecule has 28 nitrogen and oxygen atoms in total. The number of likely N-dealkylation sites (tertiary alicyclic amines) is 4. The van der Waals surface area contributed by atoms with Crippen LogP contribution in [0, 0.1) is 64.4 Å². The van der Waals surface area contributed by atoms with Gasteiger partial charge in [0.1, 0.15) is 45.3 Å². The molecule has 11 aliphatic rings. The SMILES string of the molecule is CC[N+](CC)(CC)S(=O)(=O)N=C([O-])OC.C[N+]1([O-])CCOCC1.O=C(OCc1ccccc1)N1C[C@@H]2CC(O)C(O)[C@@H]2C1.O=C(OCc1ccccc1)N1C[C@@H]2CC=C[C@@H]2C1.O=C(OCc1ccccc1)N1C[C@@H]2CC[C@H](O)[C@@H]2C1.O=C1CC[C@H]2CN(C(=O)OCc3ccccc3)C[C@@H]12.OC1C[C@H]2CNC[C@H]2C1O. The Labute approximate surface area is 641 Å². The Morgan fingerprint density at radius 2 is 0.982 bits per heavy atom. The highest BCUT2D eigenvalue weighted by Crippen LogP contribution is 2.41. The number of nitrogens with one attached hydrogen (secondary N) is 1. The molecule has 0 aromatic heterocycles. The number of carbonyl (C=O) groups excluding carboxylic acids is 5. The van der Waals surface area contributed by atoms with Crippen molar-refractivity contribution >= 4 is 46.4 Å². The number of morpholine rings is 1. The first-order chi connectivity index (χ1) is 52.3. The van der Waals surface area contributed by atoms with Crippen molar-refractivity contribution < 1.29 is 100.0 Å². The number of methoxy groups -OCH3 is 1. The van der Waals surface area contributed by atoms with Crippen LogP contribution in [0.5, 0.6) is 0 Å². The average molecular weight is 1540 g/mol. The lowest BCUT2D eigenvalue weighted by Crippen LogP contribution is -2.51. The van der Waals surface area contributed by atoms with Crippen molar-refractivity contribution in [2.24, 2.45) is 63.6 Å². The molecule has 29 heteroatoms. The summed E-state index contributed by atoms with van der Waals surface area (Å²) in [6.45, 7) is 17.2. The average Bonchev–Trinajstić information content (AvgIpc) is 1.76. The molecule has 4 aromatic carbocycles. The molecular weight excluding hydrogens is 1420 g/mol. The molecule has 6 aliphatic heterocycles. The third-order valence-corrected chi connectivity index (χ3v) is 25.4. The fraction of sp³-hybridized carbons (Fsp3) is 0.600. The molecule has 0 radical (unpaired) electrons. The van der Waals surface area contributed by atoms with Crippen LogP contribution in [0.15, 0.2) is 138 Å². The van der Waals surface area contributed by atoms with E-state index in [0.717, 1.165) is 94.2 Å². The van der Waals surface area contributed by atoms with Gasteiger partial charge in [0.05, 0.1) is 70.4 Å². The van der Waals surface area contributed by atoms with Crippen LogP contribution in [0.2, 0.25) is 0 Å². The quantitative estimate of drug-likeness (QED) is 0.0209. The fourth-order valence-corrected chi connectivity index (χ4v) is 17.8.